The van der Waals surface area contributed by atoms with Crippen LogP contribution in [0.2, 0.25) is 0 Å². The molecule has 1 fully saturated rings. The Morgan fingerprint density at radius 2 is 2.54 bits per heavy atom. The molecule has 72 valence electrons. The van der Waals surface area contributed by atoms with Crippen LogP contribution < -0.4 is 5.32 Å². The molecule has 0 amide bonds. The molecule has 0 saturated carbocycles. The molecule has 3 heteroatoms. The number of aryl methyl sites for hydroxylation is 1. The molecule has 1 N–H and O–H groups in total. The highest BCUT2D eigenvalue weighted by molar-refractivity contribution is 7.99. The van der Waals surface area contributed by atoms with Crippen molar-refractivity contribution in [1.29, 1.82) is 0 Å². The first-order chi connectivity index (χ1) is 6.36. The van der Waals surface area contributed by atoms with E-state index in [1.165, 1.54) is 28.4 Å². The Labute approximate surface area is 87.9 Å². The molecule has 1 nitrogen and oxygen atoms in total. The Morgan fingerprint density at radius 3 is 3.15 bits per heavy atom. The summed E-state index contributed by atoms with van der Waals surface area (Å²) in [6.45, 7) is 3.26. The zero-order chi connectivity index (χ0) is 9.10. The predicted molar refractivity (Wildman–Crippen MR) is 61.6 cm³/mol. The molecule has 1 aliphatic heterocycles. The van der Waals surface area contributed by atoms with Gasteiger partial charge in [-0.1, -0.05) is 0 Å². The lowest BCUT2D eigenvalue weighted by atomic mass is 10.2. The van der Waals surface area contributed by atoms with Crippen LogP contribution in [-0.4, -0.2) is 17.5 Å². The predicted octanol–water partition coefficient (Wildman–Crippen LogP) is 2.65. The van der Waals surface area contributed by atoms with Crippen LogP contribution in [0.3, 0.4) is 0 Å². The molecule has 1 aromatic rings. The second-order valence-electron chi connectivity index (χ2n) is 3.44. The van der Waals surface area contributed by atoms with Crippen molar-refractivity contribution in [1.82, 2.24) is 5.32 Å². The van der Waals surface area contributed by atoms with Crippen LogP contribution in [-0.2, 0) is 6.54 Å². The monoisotopic (exact) mass is 213 g/mol. The van der Waals surface area contributed by atoms with Gasteiger partial charge in [0.15, 0.2) is 0 Å². The quantitative estimate of drug-likeness (QED) is 0.828. The van der Waals surface area contributed by atoms with Crippen molar-refractivity contribution < 1.29 is 0 Å². The smallest absolute Gasteiger partial charge is 0.0219 e. The summed E-state index contributed by atoms with van der Waals surface area (Å²) in [6, 6.07) is 2.99. The molecule has 1 aliphatic rings. The van der Waals surface area contributed by atoms with Gasteiger partial charge in [-0.2, -0.15) is 11.8 Å². The van der Waals surface area contributed by atoms with Gasteiger partial charge in [0, 0.05) is 23.2 Å². The van der Waals surface area contributed by atoms with Crippen molar-refractivity contribution >= 4 is 23.1 Å². The third kappa shape index (κ3) is 2.48. The highest BCUT2D eigenvalue weighted by Gasteiger charge is 2.14. The lowest BCUT2D eigenvalue weighted by Gasteiger charge is -2.10. The third-order valence-electron chi connectivity index (χ3n) is 2.48. The van der Waals surface area contributed by atoms with Crippen LogP contribution in [0.4, 0.5) is 0 Å². The highest BCUT2D eigenvalue weighted by Crippen LogP contribution is 2.19. The lowest BCUT2D eigenvalue weighted by Crippen LogP contribution is -2.27. The van der Waals surface area contributed by atoms with Crippen molar-refractivity contribution in [3.63, 3.8) is 0 Å². The Balaban J connectivity index is 1.82. The molecular formula is C10H15NS2. The number of hydrogen-bond acceptors (Lipinski definition) is 3. The molecule has 1 aromatic heterocycles. The first-order valence-corrected chi connectivity index (χ1v) is 6.74. The van der Waals surface area contributed by atoms with E-state index < -0.39 is 0 Å². The van der Waals surface area contributed by atoms with Crippen LogP contribution in [0, 0.1) is 6.92 Å². The number of nitrogens with one attached hydrogen (secondary N) is 1. The van der Waals surface area contributed by atoms with E-state index in [2.05, 4.69) is 35.4 Å². The fourth-order valence-corrected chi connectivity index (χ4v) is 3.46. The first kappa shape index (κ1) is 9.56. The molecule has 1 atom stereocenters. The summed E-state index contributed by atoms with van der Waals surface area (Å²) in [5.74, 6) is 2.63. The van der Waals surface area contributed by atoms with E-state index in [1.54, 1.807) is 0 Å². The lowest BCUT2D eigenvalue weighted by molar-refractivity contribution is 0.558. The third-order valence-corrected chi connectivity index (χ3v) is 4.53. The van der Waals surface area contributed by atoms with Gasteiger partial charge in [-0.05, 0) is 36.1 Å². The molecule has 0 aliphatic carbocycles. The van der Waals surface area contributed by atoms with Crippen LogP contribution in [0.5, 0.6) is 0 Å². The van der Waals surface area contributed by atoms with Crippen LogP contribution in [0.15, 0.2) is 11.4 Å². The van der Waals surface area contributed by atoms with Crippen molar-refractivity contribution in [2.45, 2.75) is 25.9 Å². The van der Waals surface area contributed by atoms with Crippen molar-refractivity contribution in [3.8, 4) is 0 Å². The summed E-state index contributed by atoms with van der Waals surface area (Å²) < 4.78 is 0. The molecule has 1 saturated heterocycles. The summed E-state index contributed by atoms with van der Waals surface area (Å²) >= 11 is 3.91. The molecule has 2 heterocycles. The van der Waals surface area contributed by atoms with Gasteiger partial charge in [-0.15, -0.1) is 11.3 Å². The van der Waals surface area contributed by atoms with Crippen LogP contribution in [0.1, 0.15) is 16.9 Å². The zero-order valence-electron chi connectivity index (χ0n) is 7.88. The molecular weight excluding hydrogens is 198 g/mol. The van der Waals surface area contributed by atoms with Gasteiger partial charge >= 0.3 is 0 Å². The van der Waals surface area contributed by atoms with Crippen LogP contribution in [0.25, 0.3) is 0 Å². The molecule has 0 aromatic carbocycles. The van der Waals surface area contributed by atoms with Gasteiger partial charge in [-0.3, -0.25) is 0 Å². The molecule has 0 radical (unpaired) electrons. The maximum Gasteiger partial charge on any atom is 0.0219 e. The maximum absolute atomic E-state index is 3.61. The van der Waals surface area contributed by atoms with E-state index in [1.807, 2.05) is 11.3 Å². The fraction of sp³-hybridized carbons (Fsp3) is 0.600. The Morgan fingerprint density at radius 1 is 1.62 bits per heavy atom. The van der Waals surface area contributed by atoms with Crippen molar-refractivity contribution in [3.05, 3.63) is 21.9 Å². The van der Waals surface area contributed by atoms with Crippen LogP contribution >= 0.6 is 23.1 Å². The number of thioether (sulfide) groups is 1. The van der Waals surface area contributed by atoms with Crippen molar-refractivity contribution in [2.24, 2.45) is 0 Å². The van der Waals surface area contributed by atoms with Gasteiger partial charge in [0.2, 0.25) is 0 Å². The minimum atomic E-state index is 0.754. The minimum absolute atomic E-state index is 0.754. The SMILES string of the molecule is Cc1sccc1CNC1CCSC1. The summed E-state index contributed by atoms with van der Waals surface area (Å²) in [4.78, 5) is 1.46. The minimum Gasteiger partial charge on any atom is -0.309 e. The largest absolute Gasteiger partial charge is 0.309 e. The Hall–Kier alpha value is 0.01000. The number of rotatable bonds is 3. The average molecular weight is 213 g/mol. The fourth-order valence-electron chi connectivity index (χ4n) is 1.54. The zero-order valence-corrected chi connectivity index (χ0v) is 9.51. The molecule has 0 spiro atoms. The molecule has 1 unspecified atom stereocenters. The average Bonchev–Trinajstić information content (AvgIpc) is 2.72. The second-order valence-corrected chi connectivity index (χ2v) is 5.71. The Kier molecular flexibility index (Phi) is 3.30. The van der Waals surface area contributed by atoms with Gasteiger partial charge in [0.05, 0.1) is 0 Å². The van der Waals surface area contributed by atoms with Gasteiger partial charge < -0.3 is 5.32 Å². The summed E-state index contributed by atoms with van der Waals surface area (Å²) in [7, 11) is 0. The van der Waals surface area contributed by atoms with E-state index in [0.717, 1.165) is 12.6 Å². The maximum atomic E-state index is 3.61. The molecule has 0 bridgehead atoms. The summed E-state index contributed by atoms with van der Waals surface area (Å²) in [5.41, 5.74) is 1.47. The molecule has 13 heavy (non-hydrogen) atoms. The summed E-state index contributed by atoms with van der Waals surface area (Å²) in [5, 5.41) is 5.79. The number of thiophene rings is 1. The number of hydrogen-bond donors (Lipinski definition) is 1. The first-order valence-electron chi connectivity index (χ1n) is 4.70. The summed E-state index contributed by atoms with van der Waals surface area (Å²) in [6.07, 6.45) is 1.34. The van der Waals surface area contributed by atoms with E-state index in [9.17, 15) is 0 Å². The van der Waals surface area contributed by atoms with Gasteiger partial charge in [0.25, 0.3) is 0 Å². The van der Waals surface area contributed by atoms with Crippen molar-refractivity contribution in [2.75, 3.05) is 11.5 Å². The topological polar surface area (TPSA) is 12.0 Å². The van der Waals surface area contributed by atoms with E-state index >= 15 is 0 Å². The Bertz CT molecular complexity index is 264. The molecule has 2 rings (SSSR count). The van der Waals surface area contributed by atoms with E-state index in [4.69, 9.17) is 0 Å². The van der Waals surface area contributed by atoms with E-state index in [0.29, 0.717) is 0 Å². The highest BCUT2D eigenvalue weighted by atomic mass is 32.2. The normalized spacial score (nSPS) is 22.4. The van der Waals surface area contributed by atoms with Gasteiger partial charge in [-0.25, -0.2) is 0 Å². The standard InChI is InChI=1S/C10H15NS2/c1-8-9(2-5-13-8)6-11-10-3-4-12-7-10/h2,5,10-11H,3-4,6-7H2,1H3. The van der Waals surface area contributed by atoms with E-state index in [-0.39, 0.29) is 0 Å². The van der Waals surface area contributed by atoms with Gasteiger partial charge in [0.1, 0.15) is 0 Å². The second kappa shape index (κ2) is 4.49.